The SMILES string of the molecule is CC#CC(=O)N1CCC[C@H]1CNC(=O)OC(C)(C)C. The van der Waals surface area contributed by atoms with E-state index in [4.69, 9.17) is 4.74 Å². The summed E-state index contributed by atoms with van der Waals surface area (Å²) in [6, 6.07) is 0.0147. The first kappa shape index (κ1) is 15.4. The summed E-state index contributed by atoms with van der Waals surface area (Å²) in [5, 5.41) is 2.70. The smallest absolute Gasteiger partial charge is 0.407 e. The Bertz CT molecular complexity index is 401. The van der Waals surface area contributed by atoms with Crippen molar-refractivity contribution in [1.29, 1.82) is 0 Å². The van der Waals surface area contributed by atoms with Gasteiger partial charge in [-0.3, -0.25) is 4.79 Å². The third-order valence-electron chi connectivity index (χ3n) is 2.75. The van der Waals surface area contributed by atoms with Gasteiger partial charge in [0.15, 0.2) is 0 Å². The van der Waals surface area contributed by atoms with Gasteiger partial charge >= 0.3 is 6.09 Å². The van der Waals surface area contributed by atoms with Gasteiger partial charge in [0.1, 0.15) is 5.60 Å². The van der Waals surface area contributed by atoms with E-state index in [1.807, 2.05) is 20.8 Å². The molecule has 1 heterocycles. The van der Waals surface area contributed by atoms with Crippen LogP contribution in [-0.2, 0) is 9.53 Å². The predicted octanol–water partition coefficient (Wildman–Crippen LogP) is 1.53. The van der Waals surface area contributed by atoms with Crippen molar-refractivity contribution in [2.45, 2.75) is 52.2 Å². The third kappa shape index (κ3) is 5.21. The molecule has 5 nitrogen and oxygen atoms in total. The van der Waals surface area contributed by atoms with Gasteiger partial charge in [-0.05, 0) is 46.5 Å². The number of rotatable bonds is 2. The summed E-state index contributed by atoms with van der Waals surface area (Å²) in [5.41, 5.74) is -0.511. The van der Waals surface area contributed by atoms with E-state index in [9.17, 15) is 9.59 Å². The highest BCUT2D eigenvalue weighted by Gasteiger charge is 2.28. The molecule has 1 atom stereocenters. The minimum absolute atomic E-state index is 0.0147. The fourth-order valence-electron chi connectivity index (χ4n) is 2.01. The fourth-order valence-corrected chi connectivity index (χ4v) is 2.01. The molecule has 0 aromatic heterocycles. The maximum absolute atomic E-state index is 11.7. The average Bonchev–Trinajstić information content (AvgIpc) is 2.72. The van der Waals surface area contributed by atoms with Crippen molar-refractivity contribution in [3.05, 3.63) is 0 Å². The van der Waals surface area contributed by atoms with Crippen molar-refractivity contribution in [2.24, 2.45) is 0 Å². The summed E-state index contributed by atoms with van der Waals surface area (Å²) in [5.74, 6) is 4.97. The molecule has 0 saturated carbocycles. The van der Waals surface area contributed by atoms with Gasteiger partial charge in [-0.2, -0.15) is 0 Å². The zero-order valence-electron chi connectivity index (χ0n) is 12.1. The van der Waals surface area contributed by atoms with Crippen molar-refractivity contribution < 1.29 is 14.3 Å². The Morgan fingerprint density at radius 1 is 1.42 bits per heavy atom. The number of ether oxygens (including phenoxy) is 1. The molecular formula is C14H22N2O3. The van der Waals surface area contributed by atoms with Crippen molar-refractivity contribution >= 4 is 12.0 Å². The van der Waals surface area contributed by atoms with Gasteiger partial charge in [0.2, 0.25) is 0 Å². The zero-order valence-corrected chi connectivity index (χ0v) is 12.1. The standard InChI is InChI=1S/C14H22N2O3/c1-5-7-12(17)16-9-6-8-11(16)10-15-13(18)19-14(2,3)4/h11H,6,8-10H2,1-4H3,(H,15,18)/t11-/m0/s1. The molecule has 1 N–H and O–H groups in total. The number of hydrogen-bond donors (Lipinski definition) is 1. The molecule has 1 saturated heterocycles. The van der Waals surface area contributed by atoms with E-state index in [-0.39, 0.29) is 11.9 Å². The lowest BCUT2D eigenvalue weighted by molar-refractivity contribution is -0.125. The first-order valence-electron chi connectivity index (χ1n) is 6.53. The first-order valence-corrected chi connectivity index (χ1v) is 6.53. The molecule has 0 bridgehead atoms. The predicted molar refractivity (Wildman–Crippen MR) is 72.4 cm³/mol. The Balaban J connectivity index is 2.45. The number of carbonyl (C=O) groups is 2. The van der Waals surface area contributed by atoms with Crippen molar-refractivity contribution in [1.82, 2.24) is 10.2 Å². The summed E-state index contributed by atoms with van der Waals surface area (Å²) in [6.45, 7) is 8.20. The summed E-state index contributed by atoms with van der Waals surface area (Å²) < 4.78 is 5.16. The quantitative estimate of drug-likeness (QED) is 0.771. The molecule has 5 heteroatoms. The van der Waals surface area contributed by atoms with Crippen molar-refractivity contribution in [2.75, 3.05) is 13.1 Å². The second-order valence-electron chi connectivity index (χ2n) is 5.55. The number of hydrogen-bond acceptors (Lipinski definition) is 3. The molecule has 0 unspecified atom stereocenters. The van der Waals surface area contributed by atoms with Crippen LogP contribution in [0.5, 0.6) is 0 Å². The lowest BCUT2D eigenvalue weighted by Crippen LogP contribution is -2.44. The zero-order chi connectivity index (χ0) is 14.5. The number of alkyl carbamates (subject to hydrolysis) is 1. The van der Waals surface area contributed by atoms with E-state index in [2.05, 4.69) is 17.2 Å². The van der Waals surface area contributed by atoms with Crippen LogP contribution in [0.15, 0.2) is 0 Å². The Kier molecular flexibility index (Phi) is 5.22. The highest BCUT2D eigenvalue weighted by Crippen LogP contribution is 2.16. The molecule has 1 fully saturated rings. The lowest BCUT2D eigenvalue weighted by Gasteiger charge is -2.24. The monoisotopic (exact) mass is 266 g/mol. The van der Waals surface area contributed by atoms with Gasteiger partial charge in [0.05, 0.1) is 6.04 Å². The van der Waals surface area contributed by atoms with Crippen molar-refractivity contribution in [3.8, 4) is 11.8 Å². The molecule has 106 valence electrons. The average molecular weight is 266 g/mol. The molecule has 0 spiro atoms. The summed E-state index contributed by atoms with van der Waals surface area (Å²) in [4.78, 5) is 25.0. The molecule has 19 heavy (non-hydrogen) atoms. The van der Waals surface area contributed by atoms with Crippen LogP contribution in [0, 0.1) is 11.8 Å². The highest BCUT2D eigenvalue weighted by atomic mass is 16.6. The summed E-state index contributed by atoms with van der Waals surface area (Å²) in [6.07, 6.45) is 1.37. The first-order chi connectivity index (χ1) is 8.83. The van der Waals surface area contributed by atoms with Crippen molar-refractivity contribution in [3.63, 3.8) is 0 Å². The summed E-state index contributed by atoms with van der Waals surface area (Å²) >= 11 is 0. The molecule has 0 aliphatic carbocycles. The Hall–Kier alpha value is -1.70. The van der Waals surface area contributed by atoms with E-state index in [0.717, 1.165) is 12.8 Å². The number of nitrogens with zero attached hydrogens (tertiary/aromatic N) is 1. The van der Waals surface area contributed by atoms with Crippen LogP contribution in [0.4, 0.5) is 4.79 Å². The van der Waals surface area contributed by atoms with E-state index < -0.39 is 11.7 Å². The fraction of sp³-hybridized carbons (Fsp3) is 0.714. The minimum Gasteiger partial charge on any atom is -0.444 e. The normalized spacial score (nSPS) is 18.5. The van der Waals surface area contributed by atoms with Crippen LogP contribution in [0.3, 0.4) is 0 Å². The van der Waals surface area contributed by atoms with Crippen LogP contribution in [-0.4, -0.2) is 41.6 Å². The molecule has 0 aromatic carbocycles. The van der Waals surface area contributed by atoms with E-state index >= 15 is 0 Å². The maximum atomic E-state index is 11.7. The number of likely N-dealkylation sites (tertiary alicyclic amines) is 1. The van der Waals surface area contributed by atoms with Gasteiger partial charge in [-0.25, -0.2) is 4.79 Å². The van der Waals surface area contributed by atoms with E-state index in [1.165, 1.54) is 0 Å². The van der Waals surface area contributed by atoms with Crippen LogP contribution in [0.2, 0.25) is 0 Å². The second-order valence-corrected chi connectivity index (χ2v) is 5.55. The Morgan fingerprint density at radius 2 is 2.11 bits per heavy atom. The second kappa shape index (κ2) is 6.46. The van der Waals surface area contributed by atoms with Gasteiger partial charge < -0.3 is 15.0 Å². The van der Waals surface area contributed by atoms with Crippen LogP contribution >= 0.6 is 0 Å². The number of nitrogens with one attached hydrogen (secondary N) is 1. The highest BCUT2D eigenvalue weighted by molar-refractivity contribution is 5.93. The Morgan fingerprint density at radius 3 is 2.68 bits per heavy atom. The minimum atomic E-state index is -0.511. The van der Waals surface area contributed by atoms with Crippen LogP contribution in [0.25, 0.3) is 0 Å². The van der Waals surface area contributed by atoms with E-state index in [1.54, 1.807) is 11.8 Å². The van der Waals surface area contributed by atoms with Crippen LogP contribution < -0.4 is 5.32 Å². The van der Waals surface area contributed by atoms with Gasteiger partial charge in [-0.15, -0.1) is 0 Å². The third-order valence-corrected chi connectivity index (χ3v) is 2.75. The summed E-state index contributed by atoms with van der Waals surface area (Å²) in [7, 11) is 0. The molecule has 0 aromatic rings. The molecule has 0 radical (unpaired) electrons. The molecular weight excluding hydrogens is 244 g/mol. The van der Waals surface area contributed by atoms with Gasteiger partial charge in [-0.1, -0.05) is 5.92 Å². The Labute approximate surface area is 114 Å². The van der Waals surface area contributed by atoms with Gasteiger partial charge in [0, 0.05) is 13.1 Å². The largest absolute Gasteiger partial charge is 0.444 e. The lowest BCUT2D eigenvalue weighted by atomic mass is 10.2. The van der Waals surface area contributed by atoms with Gasteiger partial charge in [0.25, 0.3) is 5.91 Å². The number of amides is 2. The molecule has 1 aliphatic rings. The maximum Gasteiger partial charge on any atom is 0.407 e. The van der Waals surface area contributed by atoms with E-state index in [0.29, 0.717) is 13.1 Å². The molecule has 2 amide bonds. The molecule has 1 rings (SSSR count). The van der Waals surface area contributed by atoms with Crippen LogP contribution in [0.1, 0.15) is 40.5 Å². The number of carbonyl (C=O) groups excluding carboxylic acids is 2. The topological polar surface area (TPSA) is 58.6 Å². The molecule has 1 aliphatic heterocycles.